The second-order valence-corrected chi connectivity index (χ2v) is 15.2. The summed E-state index contributed by atoms with van der Waals surface area (Å²) >= 11 is 1.93. The lowest BCUT2D eigenvalue weighted by molar-refractivity contribution is 1.24. The van der Waals surface area contributed by atoms with E-state index in [2.05, 4.69) is 221 Å². The second-order valence-electron chi connectivity index (χ2n) is 14.1. The number of fused-ring (bicyclic) bond motifs is 6. The third-order valence-corrected chi connectivity index (χ3v) is 12.2. The first kappa shape index (κ1) is 31.7. The Hall–Kier alpha value is -6.82. The van der Waals surface area contributed by atoms with Crippen LogP contribution in [0.5, 0.6) is 0 Å². The molecular weight excluding hydrogens is 685 g/mol. The van der Waals surface area contributed by atoms with Crippen molar-refractivity contribution in [3.05, 3.63) is 206 Å². The first-order chi connectivity index (χ1) is 27.3. The molecule has 8 aromatic carbocycles. The van der Waals surface area contributed by atoms with E-state index in [-0.39, 0.29) is 6.71 Å². The van der Waals surface area contributed by atoms with Crippen molar-refractivity contribution in [1.82, 2.24) is 0 Å². The molecule has 0 spiro atoms. The molecule has 0 N–H and O–H groups in total. The number of benzene rings is 8. The molecule has 258 valence electrons. The van der Waals surface area contributed by atoms with E-state index in [0.717, 1.165) is 28.4 Å². The summed E-state index contributed by atoms with van der Waals surface area (Å²) in [5.41, 5.74) is 15.6. The highest BCUT2D eigenvalue weighted by Crippen LogP contribution is 2.48. The SMILES string of the molecule is c1ccc(-c2cccc(N3c4cccc5c4B(c4ccccc4N5c4cccc(N(c5ccccc5)c5ccccc5)c4)c4sc5ccccc5c43)c2)cc1. The second kappa shape index (κ2) is 12.9. The van der Waals surface area contributed by atoms with Crippen molar-refractivity contribution in [3.63, 3.8) is 0 Å². The van der Waals surface area contributed by atoms with E-state index in [0.29, 0.717) is 0 Å². The fourth-order valence-electron chi connectivity index (χ4n) is 8.69. The van der Waals surface area contributed by atoms with Crippen molar-refractivity contribution in [2.24, 2.45) is 0 Å². The predicted molar refractivity (Wildman–Crippen MR) is 236 cm³/mol. The van der Waals surface area contributed by atoms with Crippen molar-refractivity contribution in [1.29, 1.82) is 0 Å². The zero-order valence-corrected chi connectivity index (χ0v) is 30.8. The summed E-state index contributed by atoms with van der Waals surface area (Å²) in [5.74, 6) is 0. The summed E-state index contributed by atoms with van der Waals surface area (Å²) in [4.78, 5) is 7.36. The molecule has 3 nitrogen and oxygen atoms in total. The zero-order valence-electron chi connectivity index (χ0n) is 30.0. The van der Waals surface area contributed by atoms with Crippen LogP contribution in [-0.4, -0.2) is 6.71 Å². The van der Waals surface area contributed by atoms with Crippen molar-refractivity contribution >= 4 is 95.0 Å². The van der Waals surface area contributed by atoms with Crippen molar-refractivity contribution in [2.75, 3.05) is 14.7 Å². The van der Waals surface area contributed by atoms with Gasteiger partial charge in [-0.2, -0.15) is 0 Å². The average Bonchev–Trinajstić information content (AvgIpc) is 3.64. The highest BCUT2D eigenvalue weighted by molar-refractivity contribution is 7.33. The first-order valence-corrected chi connectivity index (χ1v) is 19.6. The summed E-state index contributed by atoms with van der Waals surface area (Å²) < 4.78 is 2.69. The molecule has 0 radical (unpaired) electrons. The maximum absolute atomic E-state index is 2.53. The molecule has 0 fully saturated rings. The third kappa shape index (κ3) is 5.12. The van der Waals surface area contributed by atoms with Gasteiger partial charge in [0.1, 0.15) is 0 Å². The van der Waals surface area contributed by atoms with Crippen LogP contribution in [0.3, 0.4) is 0 Å². The Kier molecular flexibility index (Phi) is 7.46. The summed E-state index contributed by atoms with van der Waals surface area (Å²) in [5, 5.41) is 1.29. The topological polar surface area (TPSA) is 9.72 Å². The molecule has 9 aromatic rings. The average molecular weight is 720 g/mol. The minimum Gasteiger partial charge on any atom is -0.311 e. The van der Waals surface area contributed by atoms with Gasteiger partial charge in [0, 0.05) is 60.4 Å². The Labute approximate surface area is 325 Å². The first-order valence-electron chi connectivity index (χ1n) is 18.8. The van der Waals surface area contributed by atoms with Crippen LogP contribution >= 0.6 is 11.3 Å². The quantitative estimate of drug-likeness (QED) is 0.158. The van der Waals surface area contributed by atoms with Gasteiger partial charge in [-0.3, -0.25) is 0 Å². The number of rotatable bonds is 6. The molecular formula is C50H34BN3S. The van der Waals surface area contributed by atoms with E-state index in [1.807, 2.05) is 11.3 Å². The molecule has 2 aliphatic heterocycles. The van der Waals surface area contributed by atoms with E-state index >= 15 is 0 Å². The van der Waals surface area contributed by atoms with Gasteiger partial charge in [-0.05, 0) is 101 Å². The monoisotopic (exact) mass is 719 g/mol. The van der Waals surface area contributed by atoms with Crippen LogP contribution < -0.4 is 30.4 Å². The summed E-state index contributed by atoms with van der Waals surface area (Å²) in [6.45, 7) is 0.0907. The maximum atomic E-state index is 2.53. The lowest BCUT2D eigenvalue weighted by atomic mass is 9.36. The lowest BCUT2D eigenvalue weighted by Crippen LogP contribution is -2.60. The van der Waals surface area contributed by atoms with Gasteiger partial charge in [0.25, 0.3) is 6.71 Å². The normalized spacial score (nSPS) is 12.6. The standard InChI is InChI=1S/C50H34BN3S/c1-4-17-35(18-5-1)36-19-14-24-39(33-36)54-46-31-16-30-45-48(46)51(50-49(54)42-27-10-13-32-47(42)55-50)43-28-11-12-29-44(43)53(45)41-26-15-25-40(34-41)52(37-20-6-2-7-21-37)38-22-8-3-9-23-38/h1-34H. The Morgan fingerprint density at radius 2 is 0.964 bits per heavy atom. The van der Waals surface area contributed by atoms with E-state index in [1.165, 1.54) is 59.7 Å². The minimum atomic E-state index is 0.0907. The molecule has 0 unspecified atom stereocenters. The summed E-state index contributed by atoms with van der Waals surface area (Å²) in [7, 11) is 0. The Balaban J connectivity index is 1.14. The smallest absolute Gasteiger partial charge is 0.264 e. The van der Waals surface area contributed by atoms with Gasteiger partial charge in [0.15, 0.2) is 0 Å². The van der Waals surface area contributed by atoms with Gasteiger partial charge in [-0.1, -0.05) is 127 Å². The number of para-hydroxylation sites is 3. The third-order valence-electron chi connectivity index (χ3n) is 11.0. The van der Waals surface area contributed by atoms with E-state index in [4.69, 9.17) is 0 Å². The molecule has 3 heterocycles. The lowest BCUT2D eigenvalue weighted by Gasteiger charge is -2.43. The number of thiophene rings is 1. The fraction of sp³-hybridized carbons (Fsp3) is 0. The molecule has 2 aliphatic rings. The highest BCUT2D eigenvalue weighted by atomic mass is 32.1. The molecule has 55 heavy (non-hydrogen) atoms. The van der Waals surface area contributed by atoms with Crippen LogP contribution in [0.15, 0.2) is 206 Å². The number of hydrogen-bond acceptors (Lipinski definition) is 4. The Bertz CT molecular complexity index is 2810. The van der Waals surface area contributed by atoms with Crippen LogP contribution in [0.25, 0.3) is 21.2 Å². The highest BCUT2D eigenvalue weighted by Gasteiger charge is 2.44. The van der Waals surface area contributed by atoms with Crippen molar-refractivity contribution in [3.8, 4) is 11.1 Å². The van der Waals surface area contributed by atoms with Gasteiger partial charge in [0.2, 0.25) is 0 Å². The van der Waals surface area contributed by atoms with Gasteiger partial charge < -0.3 is 14.7 Å². The summed E-state index contributed by atoms with van der Waals surface area (Å²) in [6, 6.07) is 74.9. The number of nitrogens with zero attached hydrogens (tertiary/aromatic N) is 3. The summed E-state index contributed by atoms with van der Waals surface area (Å²) in [6.07, 6.45) is 0. The Morgan fingerprint density at radius 1 is 0.418 bits per heavy atom. The zero-order chi connectivity index (χ0) is 36.3. The van der Waals surface area contributed by atoms with E-state index < -0.39 is 0 Å². The minimum absolute atomic E-state index is 0.0907. The van der Waals surface area contributed by atoms with Crippen LogP contribution in [0.1, 0.15) is 0 Å². The van der Waals surface area contributed by atoms with Crippen LogP contribution in [-0.2, 0) is 0 Å². The molecule has 0 bridgehead atoms. The largest absolute Gasteiger partial charge is 0.311 e. The van der Waals surface area contributed by atoms with Gasteiger partial charge >= 0.3 is 0 Å². The molecule has 0 aliphatic carbocycles. The molecule has 11 rings (SSSR count). The van der Waals surface area contributed by atoms with E-state index in [1.54, 1.807) is 0 Å². The molecule has 0 saturated carbocycles. The van der Waals surface area contributed by atoms with Crippen LogP contribution in [0.2, 0.25) is 0 Å². The Morgan fingerprint density at radius 3 is 1.73 bits per heavy atom. The molecule has 5 heteroatoms. The number of anilines is 9. The molecule has 0 atom stereocenters. The van der Waals surface area contributed by atoms with Crippen LogP contribution in [0, 0.1) is 0 Å². The van der Waals surface area contributed by atoms with Crippen molar-refractivity contribution in [2.45, 2.75) is 0 Å². The van der Waals surface area contributed by atoms with Crippen LogP contribution in [0.4, 0.5) is 51.2 Å². The van der Waals surface area contributed by atoms with Crippen molar-refractivity contribution < 1.29 is 0 Å². The number of hydrogen-bond donors (Lipinski definition) is 0. The predicted octanol–water partition coefficient (Wildman–Crippen LogP) is 12.1. The van der Waals surface area contributed by atoms with E-state index in [9.17, 15) is 0 Å². The molecule has 1 aromatic heterocycles. The molecule has 0 amide bonds. The maximum Gasteiger partial charge on any atom is 0.264 e. The van der Waals surface area contributed by atoms with Gasteiger partial charge in [-0.25, -0.2) is 0 Å². The van der Waals surface area contributed by atoms with Gasteiger partial charge in [-0.15, -0.1) is 11.3 Å². The van der Waals surface area contributed by atoms with Gasteiger partial charge in [0.05, 0.1) is 5.69 Å². The molecule has 0 saturated heterocycles. The fourth-order valence-corrected chi connectivity index (χ4v) is 10.0.